The van der Waals surface area contributed by atoms with Gasteiger partial charge < -0.3 is 15.4 Å². The number of nitrogens with one attached hydrogen (secondary N) is 2. The molecule has 0 bridgehead atoms. The van der Waals surface area contributed by atoms with Crippen LogP contribution in [0.5, 0.6) is 0 Å². The molecule has 1 aromatic heterocycles. The van der Waals surface area contributed by atoms with E-state index >= 15 is 0 Å². The van der Waals surface area contributed by atoms with Gasteiger partial charge in [-0.2, -0.15) is 0 Å². The number of carbonyl (C=O) groups is 1. The third kappa shape index (κ3) is 5.70. The summed E-state index contributed by atoms with van der Waals surface area (Å²) in [5.41, 5.74) is 2.40. The van der Waals surface area contributed by atoms with Crippen molar-refractivity contribution in [2.45, 2.75) is 18.9 Å². The zero-order valence-electron chi connectivity index (χ0n) is 17.9. The van der Waals surface area contributed by atoms with E-state index in [1.807, 2.05) is 48.5 Å². The largest absolute Gasteiger partial charge is 0.383 e. The summed E-state index contributed by atoms with van der Waals surface area (Å²) in [5, 5.41) is 7.09. The van der Waals surface area contributed by atoms with Crippen LogP contribution in [0.25, 0.3) is 10.9 Å². The lowest BCUT2D eigenvalue weighted by atomic mass is 10.2. The lowest BCUT2D eigenvalue weighted by Gasteiger charge is -2.21. The molecule has 0 spiro atoms. The van der Waals surface area contributed by atoms with Crippen LogP contribution in [0.15, 0.2) is 65.4 Å². The molecule has 2 heterocycles. The molecule has 0 saturated carbocycles. The fourth-order valence-electron chi connectivity index (χ4n) is 3.93. The van der Waals surface area contributed by atoms with Crippen LogP contribution in [-0.2, 0) is 9.53 Å². The zero-order valence-corrected chi connectivity index (χ0v) is 19.5. The van der Waals surface area contributed by atoms with E-state index in [0.29, 0.717) is 17.5 Å². The first-order valence-electron chi connectivity index (χ1n) is 10.6. The van der Waals surface area contributed by atoms with Crippen LogP contribution in [0.1, 0.15) is 12.8 Å². The van der Waals surface area contributed by atoms with Gasteiger partial charge in [0.25, 0.3) is 0 Å². The number of benzene rings is 2. The lowest BCUT2D eigenvalue weighted by Crippen LogP contribution is -2.33. The predicted molar refractivity (Wildman–Crippen MR) is 131 cm³/mol. The number of anilines is 3. The standard InChI is InChI=1S/C24H26BrN5O2/c1-32-15-20-7-3-11-30(20)12-4-8-23(31)28-19-9-10-22-21(14-19)24(27-16-26-22)29-18-6-2-5-17(25)13-18/h2,4-6,8-10,13-14,16,20H,3,7,11-12,15H2,1H3,(H,28,31)(H,26,27,29)/b8-4+/t20-/m1/s1. The van der Waals surface area contributed by atoms with Crippen LogP contribution in [0.4, 0.5) is 17.2 Å². The Hall–Kier alpha value is -2.81. The minimum Gasteiger partial charge on any atom is -0.383 e. The number of hydrogen-bond acceptors (Lipinski definition) is 6. The highest BCUT2D eigenvalue weighted by molar-refractivity contribution is 9.10. The molecule has 166 valence electrons. The highest BCUT2D eigenvalue weighted by atomic mass is 79.9. The number of carbonyl (C=O) groups excluding carboxylic acids is 1. The number of rotatable bonds is 8. The molecule has 1 atom stereocenters. The molecule has 7 nitrogen and oxygen atoms in total. The Bertz CT molecular complexity index is 1120. The van der Waals surface area contributed by atoms with E-state index in [9.17, 15) is 4.79 Å². The number of ether oxygens (including phenoxy) is 1. The first-order chi connectivity index (χ1) is 15.6. The van der Waals surface area contributed by atoms with E-state index < -0.39 is 0 Å². The van der Waals surface area contributed by atoms with Gasteiger partial charge in [0.2, 0.25) is 5.91 Å². The van der Waals surface area contributed by atoms with Crippen molar-refractivity contribution in [2.24, 2.45) is 0 Å². The minimum atomic E-state index is -0.162. The van der Waals surface area contributed by atoms with Crippen LogP contribution in [0.2, 0.25) is 0 Å². The fourth-order valence-corrected chi connectivity index (χ4v) is 4.33. The van der Waals surface area contributed by atoms with Crippen LogP contribution in [0.3, 0.4) is 0 Å². The maximum Gasteiger partial charge on any atom is 0.248 e. The van der Waals surface area contributed by atoms with Crippen LogP contribution in [-0.4, -0.2) is 53.6 Å². The van der Waals surface area contributed by atoms with Crippen molar-refractivity contribution in [3.8, 4) is 0 Å². The van der Waals surface area contributed by atoms with Crippen LogP contribution < -0.4 is 10.6 Å². The second-order valence-corrected chi connectivity index (χ2v) is 8.64. The molecule has 32 heavy (non-hydrogen) atoms. The Labute approximate surface area is 196 Å². The maximum atomic E-state index is 12.4. The van der Waals surface area contributed by atoms with E-state index in [1.165, 1.54) is 12.7 Å². The molecule has 8 heteroatoms. The second kappa shape index (κ2) is 10.7. The van der Waals surface area contributed by atoms with Gasteiger partial charge in [0, 0.05) is 47.0 Å². The molecule has 2 N–H and O–H groups in total. The number of fused-ring (bicyclic) bond motifs is 1. The van der Waals surface area contributed by atoms with Gasteiger partial charge in [0.1, 0.15) is 12.1 Å². The minimum absolute atomic E-state index is 0.162. The lowest BCUT2D eigenvalue weighted by molar-refractivity contribution is -0.111. The van der Waals surface area contributed by atoms with Gasteiger partial charge >= 0.3 is 0 Å². The zero-order chi connectivity index (χ0) is 22.3. The van der Waals surface area contributed by atoms with Gasteiger partial charge in [0.05, 0.1) is 12.1 Å². The van der Waals surface area contributed by atoms with Crippen molar-refractivity contribution in [1.82, 2.24) is 14.9 Å². The second-order valence-electron chi connectivity index (χ2n) is 7.73. The Morgan fingerprint density at radius 2 is 2.16 bits per heavy atom. The van der Waals surface area contributed by atoms with Gasteiger partial charge in [-0.25, -0.2) is 9.97 Å². The highest BCUT2D eigenvalue weighted by Crippen LogP contribution is 2.27. The summed E-state index contributed by atoms with van der Waals surface area (Å²) in [4.78, 5) is 23.5. The van der Waals surface area contributed by atoms with Gasteiger partial charge in [0.15, 0.2) is 0 Å². The molecule has 3 aromatic rings. The third-order valence-corrected chi connectivity index (χ3v) is 5.95. The van der Waals surface area contributed by atoms with Crippen molar-refractivity contribution >= 4 is 49.9 Å². The van der Waals surface area contributed by atoms with E-state index in [4.69, 9.17) is 4.74 Å². The predicted octanol–water partition coefficient (Wildman–Crippen LogP) is 4.74. The SMILES string of the molecule is COC[C@H]1CCCN1C/C=C/C(=O)Nc1ccc2ncnc(Nc3cccc(Br)c3)c2c1. The van der Waals surface area contributed by atoms with Crippen molar-refractivity contribution in [3.63, 3.8) is 0 Å². The summed E-state index contributed by atoms with van der Waals surface area (Å²) in [6.07, 6.45) is 7.34. The fraction of sp³-hybridized carbons (Fsp3) is 0.292. The average Bonchev–Trinajstić information content (AvgIpc) is 3.21. The molecular formula is C24H26BrN5O2. The topological polar surface area (TPSA) is 79.4 Å². The maximum absolute atomic E-state index is 12.4. The summed E-state index contributed by atoms with van der Waals surface area (Å²) < 4.78 is 6.26. The Balaban J connectivity index is 1.43. The van der Waals surface area contributed by atoms with Gasteiger partial charge in [-0.15, -0.1) is 0 Å². The molecule has 1 amide bonds. The molecule has 1 saturated heterocycles. The Morgan fingerprint density at radius 1 is 1.25 bits per heavy atom. The van der Waals surface area contributed by atoms with Crippen molar-refractivity contribution in [2.75, 3.05) is 37.4 Å². The summed E-state index contributed by atoms with van der Waals surface area (Å²) in [7, 11) is 1.73. The molecule has 0 radical (unpaired) electrons. The molecule has 1 fully saturated rings. The number of halogens is 1. The quantitative estimate of drug-likeness (QED) is 0.439. The van der Waals surface area contributed by atoms with Crippen LogP contribution >= 0.6 is 15.9 Å². The first kappa shape index (κ1) is 22.4. The molecule has 1 aliphatic rings. The van der Waals surface area contributed by atoms with Gasteiger partial charge in [-0.05, 0) is 55.8 Å². The monoisotopic (exact) mass is 495 g/mol. The molecule has 2 aromatic carbocycles. The number of likely N-dealkylation sites (tertiary alicyclic amines) is 1. The normalized spacial score (nSPS) is 16.6. The number of amides is 1. The van der Waals surface area contributed by atoms with E-state index in [0.717, 1.165) is 47.2 Å². The molecule has 1 aliphatic heterocycles. The number of nitrogens with zero attached hydrogens (tertiary/aromatic N) is 3. The van der Waals surface area contributed by atoms with Crippen LogP contribution in [0, 0.1) is 0 Å². The Morgan fingerprint density at radius 3 is 3.00 bits per heavy atom. The smallest absolute Gasteiger partial charge is 0.248 e. The van der Waals surface area contributed by atoms with Crippen molar-refractivity contribution in [3.05, 3.63) is 65.4 Å². The number of aromatic nitrogens is 2. The van der Waals surface area contributed by atoms with E-state index in [-0.39, 0.29) is 5.91 Å². The van der Waals surface area contributed by atoms with E-state index in [1.54, 1.807) is 13.2 Å². The molecule has 0 unspecified atom stereocenters. The Kier molecular flexibility index (Phi) is 7.47. The summed E-state index contributed by atoms with van der Waals surface area (Å²) in [6.45, 7) is 2.52. The van der Waals surface area contributed by atoms with Gasteiger partial charge in [-0.1, -0.05) is 28.1 Å². The molecule has 0 aliphatic carbocycles. The van der Waals surface area contributed by atoms with Crippen molar-refractivity contribution in [1.29, 1.82) is 0 Å². The summed E-state index contributed by atoms with van der Waals surface area (Å²) >= 11 is 3.48. The number of hydrogen-bond donors (Lipinski definition) is 2. The third-order valence-electron chi connectivity index (χ3n) is 5.46. The highest BCUT2D eigenvalue weighted by Gasteiger charge is 2.22. The molecule has 4 rings (SSSR count). The molecular weight excluding hydrogens is 470 g/mol. The average molecular weight is 496 g/mol. The van der Waals surface area contributed by atoms with Crippen molar-refractivity contribution < 1.29 is 9.53 Å². The first-order valence-corrected chi connectivity index (χ1v) is 11.4. The number of methoxy groups -OCH3 is 1. The van der Waals surface area contributed by atoms with Gasteiger partial charge in [-0.3, -0.25) is 9.69 Å². The van der Waals surface area contributed by atoms with E-state index in [2.05, 4.69) is 41.4 Å². The summed E-state index contributed by atoms with van der Waals surface area (Å²) in [6, 6.07) is 13.9. The summed E-state index contributed by atoms with van der Waals surface area (Å²) in [5.74, 6) is 0.517.